The Morgan fingerprint density at radius 2 is 2.43 bits per heavy atom. The molecular formula is C9H15N3O2. The topological polar surface area (TPSA) is 74.2 Å². The fraction of sp³-hybridized carbons (Fsp3) is 0.778. The van der Waals surface area contributed by atoms with Crippen LogP contribution in [0.4, 0.5) is 0 Å². The lowest BCUT2D eigenvalue weighted by Gasteiger charge is -2.08. The Kier molecular flexibility index (Phi) is 2.79. The summed E-state index contributed by atoms with van der Waals surface area (Å²) in [6, 6.07) is 0.298. The van der Waals surface area contributed by atoms with Gasteiger partial charge in [0.25, 0.3) is 0 Å². The molecule has 0 aliphatic heterocycles. The van der Waals surface area contributed by atoms with E-state index in [1.54, 1.807) is 6.92 Å². The Balaban J connectivity index is 1.77. The Bertz CT molecular complexity index is 300. The number of ether oxygens (including phenoxy) is 1. The summed E-state index contributed by atoms with van der Waals surface area (Å²) in [5, 5.41) is 3.75. The largest absolute Gasteiger partial charge is 0.370 e. The van der Waals surface area contributed by atoms with Crippen LogP contribution in [0.15, 0.2) is 4.52 Å². The summed E-state index contributed by atoms with van der Waals surface area (Å²) in [6.45, 7) is 2.19. The maximum absolute atomic E-state index is 5.77. The number of hydrogen-bond acceptors (Lipinski definition) is 5. The van der Waals surface area contributed by atoms with Crippen LogP contribution in [0.2, 0.25) is 0 Å². The Morgan fingerprint density at radius 3 is 3.00 bits per heavy atom. The lowest BCUT2D eigenvalue weighted by Crippen LogP contribution is -2.17. The minimum Gasteiger partial charge on any atom is -0.370 e. The average Bonchev–Trinajstić information content (AvgIpc) is 2.72. The average molecular weight is 197 g/mol. The second-order valence-electron chi connectivity index (χ2n) is 3.74. The maximum Gasteiger partial charge on any atom is 0.223 e. The first kappa shape index (κ1) is 9.61. The molecular weight excluding hydrogens is 182 g/mol. The van der Waals surface area contributed by atoms with Gasteiger partial charge in [0.15, 0.2) is 5.82 Å². The van der Waals surface area contributed by atoms with E-state index in [-0.39, 0.29) is 6.10 Å². The first-order valence-corrected chi connectivity index (χ1v) is 4.90. The van der Waals surface area contributed by atoms with Crippen molar-refractivity contribution < 1.29 is 9.26 Å². The summed E-state index contributed by atoms with van der Waals surface area (Å²) < 4.78 is 10.4. The monoisotopic (exact) mass is 197 g/mol. The van der Waals surface area contributed by atoms with Crippen LogP contribution in [-0.2, 0) is 11.3 Å². The van der Waals surface area contributed by atoms with Gasteiger partial charge >= 0.3 is 0 Å². The van der Waals surface area contributed by atoms with Crippen LogP contribution in [0.3, 0.4) is 0 Å². The van der Waals surface area contributed by atoms with Crippen molar-refractivity contribution in [2.24, 2.45) is 5.73 Å². The van der Waals surface area contributed by atoms with Crippen LogP contribution in [0, 0.1) is 6.92 Å². The van der Waals surface area contributed by atoms with E-state index in [9.17, 15) is 0 Å². The van der Waals surface area contributed by atoms with Gasteiger partial charge in [0.1, 0.15) is 6.61 Å². The Labute approximate surface area is 82.6 Å². The quantitative estimate of drug-likeness (QED) is 0.774. The van der Waals surface area contributed by atoms with Crippen molar-refractivity contribution in [1.82, 2.24) is 10.1 Å². The number of nitrogens with zero attached hydrogens (tertiary/aromatic N) is 2. The third-order valence-corrected chi connectivity index (χ3v) is 2.44. The number of aryl methyl sites for hydroxylation is 1. The van der Waals surface area contributed by atoms with Gasteiger partial charge in [0.2, 0.25) is 5.89 Å². The fourth-order valence-corrected chi connectivity index (χ4v) is 1.72. The van der Waals surface area contributed by atoms with Crippen molar-refractivity contribution >= 4 is 0 Å². The molecule has 1 aliphatic rings. The number of rotatable bonds is 3. The van der Waals surface area contributed by atoms with Crippen LogP contribution in [0.25, 0.3) is 0 Å². The van der Waals surface area contributed by atoms with Gasteiger partial charge in [-0.15, -0.1) is 0 Å². The molecule has 2 N–H and O–H groups in total. The molecule has 0 radical (unpaired) electrons. The molecule has 1 fully saturated rings. The summed E-state index contributed by atoms with van der Waals surface area (Å²) in [6.07, 6.45) is 3.30. The van der Waals surface area contributed by atoms with Gasteiger partial charge in [0, 0.05) is 13.0 Å². The van der Waals surface area contributed by atoms with Crippen molar-refractivity contribution in [3.63, 3.8) is 0 Å². The maximum atomic E-state index is 5.77. The smallest absolute Gasteiger partial charge is 0.223 e. The molecule has 2 atom stereocenters. The van der Waals surface area contributed by atoms with Crippen LogP contribution in [0.5, 0.6) is 0 Å². The molecule has 14 heavy (non-hydrogen) atoms. The summed E-state index contributed by atoms with van der Waals surface area (Å²) in [5.41, 5.74) is 5.77. The van der Waals surface area contributed by atoms with E-state index >= 15 is 0 Å². The molecule has 1 heterocycles. The number of aromatic nitrogens is 2. The molecule has 1 aliphatic carbocycles. The summed E-state index contributed by atoms with van der Waals surface area (Å²) in [4.78, 5) is 4.06. The SMILES string of the molecule is Cc1nc(COC2CCC(N)C2)no1. The molecule has 0 saturated heterocycles. The van der Waals surface area contributed by atoms with E-state index in [1.165, 1.54) is 0 Å². The normalized spacial score (nSPS) is 27.0. The summed E-state index contributed by atoms with van der Waals surface area (Å²) in [5.74, 6) is 1.19. The summed E-state index contributed by atoms with van der Waals surface area (Å²) >= 11 is 0. The van der Waals surface area contributed by atoms with Crippen LogP contribution in [0.1, 0.15) is 31.0 Å². The molecule has 2 unspecified atom stereocenters. The lowest BCUT2D eigenvalue weighted by molar-refractivity contribution is 0.0399. The first-order valence-electron chi connectivity index (χ1n) is 4.90. The van der Waals surface area contributed by atoms with E-state index in [4.69, 9.17) is 15.0 Å². The van der Waals surface area contributed by atoms with E-state index in [0.717, 1.165) is 19.3 Å². The zero-order chi connectivity index (χ0) is 9.97. The van der Waals surface area contributed by atoms with Crippen LogP contribution >= 0.6 is 0 Å². The standard InChI is InChI=1S/C9H15N3O2/c1-6-11-9(12-14-6)5-13-8-3-2-7(10)4-8/h7-8H,2-5,10H2,1H3. The third kappa shape index (κ3) is 2.30. The van der Waals surface area contributed by atoms with Crippen molar-refractivity contribution in [2.75, 3.05) is 0 Å². The molecule has 5 heteroatoms. The molecule has 0 bridgehead atoms. The van der Waals surface area contributed by atoms with Gasteiger partial charge in [0.05, 0.1) is 6.10 Å². The zero-order valence-electron chi connectivity index (χ0n) is 8.27. The third-order valence-electron chi connectivity index (χ3n) is 2.44. The van der Waals surface area contributed by atoms with E-state index in [0.29, 0.717) is 24.4 Å². The molecule has 1 aromatic heterocycles. The van der Waals surface area contributed by atoms with Gasteiger partial charge in [-0.2, -0.15) is 4.98 Å². The van der Waals surface area contributed by atoms with Crippen LogP contribution < -0.4 is 5.73 Å². The minimum atomic E-state index is 0.267. The molecule has 5 nitrogen and oxygen atoms in total. The molecule has 2 rings (SSSR count). The Hall–Kier alpha value is -0.940. The predicted octanol–water partition coefficient (Wildman–Crippen LogP) is 0.774. The predicted molar refractivity (Wildman–Crippen MR) is 49.4 cm³/mol. The molecule has 1 saturated carbocycles. The van der Waals surface area contributed by atoms with Gasteiger partial charge in [-0.3, -0.25) is 0 Å². The minimum absolute atomic E-state index is 0.267. The van der Waals surface area contributed by atoms with Gasteiger partial charge in [-0.05, 0) is 19.3 Å². The van der Waals surface area contributed by atoms with Crippen molar-refractivity contribution in [2.45, 2.75) is 44.9 Å². The molecule has 0 spiro atoms. The van der Waals surface area contributed by atoms with E-state index < -0.39 is 0 Å². The van der Waals surface area contributed by atoms with Gasteiger partial charge < -0.3 is 15.0 Å². The molecule has 78 valence electrons. The van der Waals surface area contributed by atoms with Crippen LogP contribution in [-0.4, -0.2) is 22.3 Å². The summed E-state index contributed by atoms with van der Waals surface area (Å²) in [7, 11) is 0. The second-order valence-corrected chi connectivity index (χ2v) is 3.74. The zero-order valence-corrected chi connectivity index (χ0v) is 8.27. The van der Waals surface area contributed by atoms with Crippen molar-refractivity contribution in [1.29, 1.82) is 0 Å². The molecule has 0 aromatic carbocycles. The lowest BCUT2D eigenvalue weighted by atomic mass is 10.3. The highest BCUT2D eigenvalue weighted by molar-refractivity contribution is 4.83. The van der Waals surface area contributed by atoms with E-state index in [1.807, 2.05) is 0 Å². The van der Waals surface area contributed by atoms with E-state index in [2.05, 4.69) is 10.1 Å². The molecule has 1 aromatic rings. The van der Waals surface area contributed by atoms with Gasteiger partial charge in [-0.25, -0.2) is 0 Å². The fourth-order valence-electron chi connectivity index (χ4n) is 1.72. The Morgan fingerprint density at radius 1 is 1.57 bits per heavy atom. The highest BCUT2D eigenvalue weighted by Crippen LogP contribution is 2.21. The number of nitrogens with two attached hydrogens (primary N) is 1. The number of hydrogen-bond donors (Lipinski definition) is 1. The first-order chi connectivity index (χ1) is 6.74. The van der Waals surface area contributed by atoms with Crippen molar-refractivity contribution in [3.8, 4) is 0 Å². The second kappa shape index (κ2) is 4.06. The highest BCUT2D eigenvalue weighted by Gasteiger charge is 2.22. The highest BCUT2D eigenvalue weighted by atomic mass is 16.5. The molecule has 0 amide bonds. The van der Waals surface area contributed by atoms with Crippen molar-refractivity contribution in [3.05, 3.63) is 11.7 Å². The van der Waals surface area contributed by atoms with Gasteiger partial charge in [-0.1, -0.05) is 5.16 Å².